The van der Waals surface area contributed by atoms with E-state index in [0.29, 0.717) is 0 Å². The monoisotopic (exact) mass is 217 g/mol. The number of methoxy groups -OCH3 is 1. The molecule has 2 atom stereocenters. The fraction of sp³-hybridized carbons (Fsp3) is 0.500. The van der Waals surface area contributed by atoms with Crippen LogP contribution in [0.15, 0.2) is 24.3 Å². The van der Waals surface area contributed by atoms with Crippen LogP contribution in [0.4, 0.5) is 13.2 Å². The summed E-state index contributed by atoms with van der Waals surface area (Å²) < 4.78 is 43.1. The van der Waals surface area contributed by atoms with Crippen LogP contribution in [-0.2, 0) is 4.74 Å². The van der Waals surface area contributed by atoms with Gasteiger partial charge in [0.2, 0.25) is 0 Å². The van der Waals surface area contributed by atoms with Gasteiger partial charge in [0.1, 0.15) is 0 Å². The molecule has 82 valence electrons. The second kappa shape index (κ2) is 4.07. The predicted octanol–water partition coefficient (Wildman–Crippen LogP) is 2.59. The van der Waals surface area contributed by atoms with E-state index in [2.05, 4.69) is 4.74 Å². The number of allylic oxidation sites excluding steroid dienone is 2. The molecule has 0 spiro atoms. The molecule has 0 aromatic carbocycles. The molecule has 1 aliphatic carbocycles. The van der Waals surface area contributed by atoms with E-state index in [1.165, 1.54) is 18.2 Å². The summed E-state index contributed by atoms with van der Waals surface area (Å²) in [7, 11) is 1.00. The molecule has 0 fully saturated rings. The first-order chi connectivity index (χ1) is 6.98. The number of nitrogens with zero attached hydrogens (tertiary/aromatic N) is 1. The lowest BCUT2D eigenvalue weighted by Crippen LogP contribution is -2.51. The van der Waals surface area contributed by atoms with Gasteiger partial charge in [-0.1, -0.05) is 18.2 Å². The fourth-order valence-electron chi connectivity index (χ4n) is 1.62. The van der Waals surface area contributed by atoms with E-state index in [1.54, 1.807) is 6.07 Å². The molecule has 5 heteroatoms. The molecule has 15 heavy (non-hydrogen) atoms. The zero-order valence-corrected chi connectivity index (χ0v) is 8.08. The van der Waals surface area contributed by atoms with Crippen molar-refractivity contribution in [2.45, 2.75) is 18.2 Å². The summed E-state index contributed by atoms with van der Waals surface area (Å²) in [4.78, 5) is 0. The van der Waals surface area contributed by atoms with Crippen molar-refractivity contribution in [3.8, 4) is 6.07 Å². The number of hydrogen-bond donors (Lipinski definition) is 0. The Morgan fingerprint density at radius 3 is 2.60 bits per heavy atom. The maximum atomic E-state index is 12.9. The Morgan fingerprint density at radius 1 is 1.47 bits per heavy atom. The predicted molar refractivity (Wildman–Crippen MR) is 47.8 cm³/mol. The third-order valence-corrected chi connectivity index (χ3v) is 2.44. The van der Waals surface area contributed by atoms with E-state index >= 15 is 0 Å². The lowest BCUT2D eigenvalue weighted by atomic mass is 9.81. The van der Waals surface area contributed by atoms with E-state index in [0.717, 1.165) is 13.2 Å². The van der Waals surface area contributed by atoms with Gasteiger partial charge in [-0.25, -0.2) is 0 Å². The molecule has 2 nitrogen and oxygen atoms in total. The van der Waals surface area contributed by atoms with Crippen LogP contribution >= 0.6 is 0 Å². The summed E-state index contributed by atoms with van der Waals surface area (Å²) >= 11 is 0. The molecule has 0 saturated heterocycles. The van der Waals surface area contributed by atoms with Gasteiger partial charge < -0.3 is 4.74 Å². The third-order valence-electron chi connectivity index (χ3n) is 2.44. The molecule has 0 aromatic rings. The molecule has 0 heterocycles. The van der Waals surface area contributed by atoms with Crippen molar-refractivity contribution in [2.24, 2.45) is 5.92 Å². The molecular formula is C10H10F3NO. The summed E-state index contributed by atoms with van der Waals surface area (Å²) in [6.07, 6.45) is 0.323. The molecule has 0 aliphatic heterocycles. The number of nitriles is 1. The van der Waals surface area contributed by atoms with Gasteiger partial charge in [0, 0.05) is 19.4 Å². The second-order valence-electron chi connectivity index (χ2n) is 3.21. The minimum Gasteiger partial charge on any atom is -0.364 e. The van der Waals surface area contributed by atoms with Crippen molar-refractivity contribution in [1.29, 1.82) is 5.26 Å². The van der Waals surface area contributed by atoms with Gasteiger partial charge in [-0.3, -0.25) is 0 Å². The van der Waals surface area contributed by atoms with Crippen LogP contribution in [-0.4, -0.2) is 18.9 Å². The van der Waals surface area contributed by atoms with Crippen molar-refractivity contribution < 1.29 is 17.9 Å². The smallest absolute Gasteiger partial charge is 0.364 e. The van der Waals surface area contributed by atoms with Crippen molar-refractivity contribution >= 4 is 0 Å². The maximum Gasteiger partial charge on any atom is 0.421 e. The molecule has 0 aromatic heterocycles. The molecule has 0 bridgehead atoms. The quantitative estimate of drug-likeness (QED) is 0.712. The first-order valence-corrected chi connectivity index (χ1v) is 4.33. The highest BCUT2D eigenvalue weighted by molar-refractivity contribution is 5.25. The van der Waals surface area contributed by atoms with Crippen LogP contribution < -0.4 is 0 Å². The Kier molecular flexibility index (Phi) is 3.20. The van der Waals surface area contributed by atoms with Gasteiger partial charge >= 0.3 is 6.18 Å². The minimum atomic E-state index is -4.52. The van der Waals surface area contributed by atoms with Crippen molar-refractivity contribution in [1.82, 2.24) is 0 Å². The van der Waals surface area contributed by atoms with E-state index in [-0.39, 0.29) is 6.42 Å². The average Bonchev–Trinajstić information content (AvgIpc) is 2.17. The Bertz CT molecular complexity index is 327. The van der Waals surface area contributed by atoms with Crippen LogP contribution in [0.5, 0.6) is 0 Å². The molecule has 0 N–H and O–H groups in total. The van der Waals surface area contributed by atoms with Gasteiger partial charge in [-0.2, -0.15) is 18.4 Å². The average molecular weight is 217 g/mol. The molecule has 0 radical (unpaired) electrons. The summed E-state index contributed by atoms with van der Waals surface area (Å²) in [6, 6.07) is 1.73. The molecule has 0 amide bonds. The number of ether oxygens (including phenoxy) is 1. The molecule has 1 rings (SSSR count). The van der Waals surface area contributed by atoms with Crippen LogP contribution in [0.1, 0.15) is 6.42 Å². The van der Waals surface area contributed by atoms with Crippen molar-refractivity contribution in [3.63, 3.8) is 0 Å². The minimum absolute atomic E-state index is 0.228. The lowest BCUT2D eigenvalue weighted by Gasteiger charge is -2.37. The number of rotatable bonds is 2. The Labute approximate surface area is 85.6 Å². The van der Waals surface area contributed by atoms with Crippen LogP contribution in [0.2, 0.25) is 0 Å². The summed E-state index contributed by atoms with van der Waals surface area (Å²) in [5.74, 6) is -0.988. The Hall–Kier alpha value is -1.28. The second-order valence-corrected chi connectivity index (χ2v) is 3.21. The highest BCUT2D eigenvalue weighted by Gasteiger charge is 2.58. The lowest BCUT2D eigenvalue weighted by molar-refractivity contribution is -0.262. The summed E-state index contributed by atoms with van der Waals surface area (Å²) in [5.41, 5.74) is -2.36. The topological polar surface area (TPSA) is 33.0 Å². The third kappa shape index (κ3) is 1.90. The SMILES string of the molecule is CO[C@@]1(C(F)(F)F)C=CC=C[C@@H]1CC#N. The summed E-state index contributed by atoms with van der Waals surface area (Å²) in [5, 5.41) is 8.48. The summed E-state index contributed by atoms with van der Waals surface area (Å²) in [6.45, 7) is 0. The zero-order chi connectivity index (χ0) is 11.5. The van der Waals surface area contributed by atoms with Crippen molar-refractivity contribution in [3.05, 3.63) is 24.3 Å². The molecule has 0 unspecified atom stereocenters. The van der Waals surface area contributed by atoms with Gasteiger partial charge in [0.15, 0.2) is 5.60 Å². The van der Waals surface area contributed by atoms with Gasteiger partial charge in [-0.05, 0) is 6.08 Å². The fourth-order valence-corrected chi connectivity index (χ4v) is 1.62. The highest BCUT2D eigenvalue weighted by Crippen LogP contribution is 2.43. The van der Waals surface area contributed by atoms with E-state index in [1.807, 2.05) is 0 Å². The maximum absolute atomic E-state index is 12.9. The van der Waals surface area contributed by atoms with Gasteiger partial charge in [-0.15, -0.1) is 0 Å². The zero-order valence-electron chi connectivity index (χ0n) is 8.08. The van der Waals surface area contributed by atoms with Gasteiger partial charge in [0.05, 0.1) is 6.07 Å². The molecule has 0 saturated carbocycles. The van der Waals surface area contributed by atoms with Crippen molar-refractivity contribution in [2.75, 3.05) is 7.11 Å². The number of halogens is 3. The van der Waals surface area contributed by atoms with Crippen LogP contribution in [0, 0.1) is 17.2 Å². The van der Waals surface area contributed by atoms with Gasteiger partial charge in [0.25, 0.3) is 0 Å². The largest absolute Gasteiger partial charge is 0.421 e. The standard InChI is InChI=1S/C10H10F3NO/c1-15-9(10(11,12)13)6-3-2-4-8(9)5-7-14/h2-4,6,8H,5H2,1H3/t8-,9+/m1/s1. The van der Waals surface area contributed by atoms with E-state index in [4.69, 9.17) is 5.26 Å². The Balaban J connectivity index is 3.11. The normalized spacial score (nSPS) is 30.2. The first-order valence-electron chi connectivity index (χ1n) is 4.33. The highest BCUT2D eigenvalue weighted by atomic mass is 19.4. The van der Waals surface area contributed by atoms with Crippen LogP contribution in [0.25, 0.3) is 0 Å². The first kappa shape index (κ1) is 11.8. The number of hydrogen-bond acceptors (Lipinski definition) is 2. The van der Waals surface area contributed by atoms with E-state index in [9.17, 15) is 13.2 Å². The van der Waals surface area contributed by atoms with Crippen LogP contribution in [0.3, 0.4) is 0 Å². The molecular weight excluding hydrogens is 207 g/mol. The number of alkyl halides is 3. The van der Waals surface area contributed by atoms with E-state index < -0.39 is 17.7 Å². The Morgan fingerprint density at radius 2 is 2.13 bits per heavy atom. The molecule has 1 aliphatic rings.